The van der Waals surface area contributed by atoms with Crippen molar-refractivity contribution >= 4 is 12.1 Å². The highest BCUT2D eigenvalue weighted by Crippen LogP contribution is 2.27. The number of aromatic nitrogens is 2. The van der Waals surface area contributed by atoms with Crippen LogP contribution in [-0.4, -0.2) is 16.1 Å². The molecule has 1 aromatic carbocycles. The Hall–Kier alpha value is -2.24. The first kappa shape index (κ1) is 15.2. The molecular formula is C15H17F2N3O. The first-order valence-corrected chi connectivity index (χ1v) is 6.71. The third kappa shape index (κ3) is 3.09. The van der Waals surface area contributed by atoms with E-state index in [1.54, 1.807) is 0 Å². The maximum atomic E-state index is 13.3. The molecule has 0 saturated carbocycles. The predicted octanol–water partition coefficient (Wildman–Crippen LogP) is 3.27. The van der Waals surface area contributed by atoms with Crippen LogP contribution in [0.1, 0.15) is 30.6 Å². The van der Waals surface area contributed by atoms with Gasteiger partial charge in [0.1, 0.15) is 11.5 Å². The number of nitrogen functional groups attached to an aromatic ring is 1. The molecular weight excluding hydrogens is 276 g/mol. The molecule has 0 saturated heterocycles. The van der Waals surface area contributed by atoms with E-state index in [4.69, 9.17) is 5.73 Å². The topological polar surface area (TPSA) is 60.9 Å². The zero-order valence-corrected chi connectivity index (χ0v) is 11.9. The van der Waals surface area contributed by atoms with Gasteiger partial charge in [-0.3, -0.25) is 4.79 Å². The standard InChI is InChI=1S/C15H17F2N3O/c1-9(2)5-6-20-15(18)11(8-21)14(19-20)10-3-4-12(16)13(17)7-10/h3-4,7-9H,5-6,18H2,1-2H3. The van der Waals surface area contributed by atoms with E-state index in [0.29, 0.717) is 24.3 Å². The van der Waals surface area contributed by atoms with Gasteiger partial charge in [0.2, 0.25) is 0 Å². The van der Waals surface area contributed by atoms with E-state index in [9.17, 15) is 13.6 Å². The average molecular weight is 293 g/mol. The van der Waals surface area contributed by atoms with Crippen LogP contribution in [0.25, 0.3) is 11.3 Å². The Labute approximate surface area is 121 Å². The van der Waals surface area contributed by atoms with Crippen molar-refractivity contribution in [2.75, 3.05) is 5.73 Å². The van der Waals surface area contributed by atoms with Crippen LogP contribution in [0.2, 0.25) is 0 Å². The summed E-state index contributed by atoms with van der Waals surface area (Å²) in [7, 11) is 0. The Morgan fingerprint density at radius 1 is 1.33 bits per heavy atom. The molecule has 2 N–H and O–H groups in total. The van der Waals surface area contributed by atoms with E-state index in [0.717, 1.165) is 18.6 Å². The summed E-state index contributed by atoms with van der Waals surface area (Å²) in [5.41, 5.74) is 6.70. The average Bonchev–Trinajstić information content (AvgIpc) is 2.76. The number of hydrogen-bond acceptors (Lipinski definition) is 3. The Balaban J connectivity index is 2.45. The zero-order valence-electron chi connectivity index (χ0n) is 11.9. The van der Waals surface area contributed by atoms with Crippen LogP contribution >= 0.6 is 0 Å². The van der Waals surface area contributed by atoms with Crippen LogP contribution in [-0.2, 0) is 6.54 Å². The van der Waals surface area contributed by atoms with Gasteiger partial charge in [-0.25, -0.2) is 13.5 Å². The first-order chi connectivity index (χ1) is 9.93. The summed E-state index contributed by atoms with van der Waals surface area (Å²) < 4.78 is 27.9. The highest BCUT2D eigenvalue weighted by Gasteiger charge is 2.18. The number of carbonyl (C=O) groups excluding carboxylic acids is 1. The lowest BCUT2D eigenvalue weighted by molar-refractivity contribution is 0.112. The normalized spacial score (nSPS) is 11.1. The fourth-order valence-electron chi connectivity index (χ4n) is 2.01. The van der Waals surface area contributed by atoms with Crippen LogP contribution in [0.4, 0.5) is 14.6 Å². The minimum absolute atomic E-state index is 0.199. The first-order valence-electron chi connectivity index (χ1n) is 6.71. The van der Waals surface area contributed by atoms with E-state index in [1.165, 1.54) is 10.7 Å². The highest BCUT2D eigenvalue weighted by atomic mass is 19.2. The van der Waals surface area contributed by atoms with E-state index in [2.05, 4.69) is 18.9 Å². The molecule has 1 aromatic heterocycles. The molecule has 0 aliphatic heterocycles. The van der Waals surface area contributed by atoms with E-state index in [1.807, 2.05) is 0 Å². The van der Waals surface area contributed by atoms with Gasteiger partial charge in [-0.2, -0.15) is 5.10 Å². The van der Waals surface area contributed by atoms with Crippen LogP contribution in [0, 0.1) is 17.6 Å². The molecule has 4 nitrogen and oxygen atoms in total. The third-order valence-corrected chi connectivity index (χ3v) is 3.26. The summed E-state index contributed by atoms with van der Waals surface area (Å²) in [6.07, 6.45) is 1.44. The van der Waals surface area contributed by atoms with E-state index in [-0.39, 0.29) is 17.1 Å². The number of rotatable bonds is 5. The second-order valence-electron chi connectivity index (χ2n) is 5.30. The molecule has 2 aromatic rings. The van der Waals surface area contributed by atoms with Gasteiger partial charge < -0.3 is 5.73 Å². The number of halogens is 2. The molecule has 0 spiro atoms. The van der Waals surface area contributed by atoms with Gasteiger partial charge in [0.25, 0.3) is 0 Å². The van der Waals surface area contributed by atoms with Crippen molar-refractivity contribution in [2.24, 2.45) is 5.92 Å². The molecule has 112 valence electrons. The van der Waals surface area contributed by atoms with E-state index < -0.39 is 11.6 Å². The lowest BCUT2D eigenvalue weighted by Crippen LogP contribution is -2.07. The number of aldehydes is 1. The second-order valence-corrected chi connectivity index (χ2v) is 5.30. The summed E-state index contributed by atoms with van der Waals surface area (Å²) in [5, 5.41) is 4.26. The lowest BCUT2D eigenvalue weighted by atomic mass is 10.1. The Bertz CT molecular complexity index is 665. The largest absolute Gasteiger partial charge is 0.383 e. The van der Waals surface area contributed by atoms with Crippen LogP contribution < -0.4 is 5.73 Å². The van der Waals surface area contributed by atoms with Crippen molar-refractivity contribution in [3.8, 4) is 11.3 Å². The van der Waals surface area contributed by atoms with Crippen molar-refractivity contribution in [1.82, 2.24) is 9.78 Å². The number of carbonyl (C=O) groups is 1. The number of hydrogen-bond donors (Lipinski definition) is 1. The number of nitrogens with two attached hydrogens (primary N) is 1. The quantitative estimate of drug-likeness (QED) is 0.861. The molecule has 0 amide bonds. The van der Waals surface area contributed by atoms with Gasteiger partial charge in [0.15, 0.2) is 17.9 Å². The summed E-state index contributed by atoms with van der Waals surface area (Å²) in [6, 6.07) is 3.39. The molecule has 0 radical (unpaired) electrons. The molecule has 21 heavy (non-hydrogen) atoms. The summed E-state index contributed by atoms with van der Waals surface area (Å²) in [6.45, 7) is 4.70. The molecule has 0 unspecified atom stereocenters. The number of nitrogens with zero attached hydrogens (tertiary/aromatic N) is 2. The van der Waals surface area contributed by atoms with Gasteiger partial charge in [0, 0.05) is 12.1 Å². The fraction of sp³-hybridized carbons (Fsp3) is 0.333. The third-order valence-electron chi connectivity index (χ3n) is 3.26. The van der Waals surface area contributed by atoms with Crippen LogP contribution in [0.15, 0.2) is 18.2 Å². The molecule has 1 heterocycles. The Morgan fingerprint density at radius 2 is 2.05 bits per heavy atom. The number of benzene rings is 1. The predicted molar refractivity (Wildman–Crippen MR) is 76.8 cm³/mol. The molecule has 0 aliphatic carbocycles. The summed E-state index contributed by atoms with van der Waals surface area (Å²) in [5.74, 6) is -1.23. The molecule has 0 aliphatic rings. The van der Waals surface area contributed by atoms with Crippen molar-refractivity contribution in [3.05, 3.63) is 35.4 Å². The van der Waals surface area contributed by atoms with Crippen molar-refractivity contribution in [1.29, 1.82) is 0 Å². The lowest BCUT2D eigenvalue weighted by Gasteiger charge is -2.06. The van der Waals surface area contributed by atoms with E-state index >= 15 is 0 Å². The number of aryl methyl sites for hydroxylation is 1. The maximum Gasteiger partial charge on any atom is 0.159 e. The smallest absolute Gasteiger partial charge is 0.159 e. The molecule has 0 bridgehead atoms. The summed E-state index contributed by atoms with van der Waals surface area (Å²) >= 11 is 0. The van der Waals surface area contributed by atoms with Crippen molar-refractivity contribution in [3.63, 3.8) is 0 Å². The van der Waals surface area contributed by atoms with Gasteiger partial charge >= 0.3 is 0 Å². The Kier molecular flexibility index (Phi) is 4.35. The molecule has 0 fully saturated rings. The highest BCUT2D eigenvalue weighted by molar-refractivity contribution is 5.91. The second kappa shape index (κ2) is 6.03. The fourth-order valence-corrected chi connectivity index (χ4v) is 2.01. The zero-order chi connectivity index (χ0) is 15.6. The number of anilines is 1. The van der Waals surface area contributed by atoms with Crippen LogP contribution in [0.3, 0.4) is 0 Å². The maximum absolute atomic E-state index is 13.3. The van der Waals surface area contributed by atoms with Gasteiger partial charge in [-0.1, -0.05) is 13.8 Å². The van der Waals surface area contributed by atoms with Gasteiger partial charge in [-0.15, -0.1) is 0 Å². The Morgan fingerprint density at radius 3 is 2.62 bits per heavy atom. The molecule has 6 heteroatoms. The molecule has 2 rings (SSSR count). The van der Waals surface area contributed by atoms with Crippen LogP contribution in [0.5, 0.6) is 0 Å². The SMILES string of the molecule is CC(C)CCn1nc(-c2ccc(F)c(F)c2)c(C=O)c1N. The molecule has 0 atom stereocenters. The van der Waals surface area contributed by atoms with Gasteiger partial charge in [-0.05, 0) is 30.5 Å². The van der Waals surface area contributed by atoms with Crippen molar-refractivity contribution < 1.29 is 13.6 Å². The summed E-state index contributed by atoms with van der Waals surface area (Å²) in [4.78, 5) is 11.2. The minimum atomic E-state index is -0.986. The van der Waals surface area contributed by atoms with Gasteiger partial charge in [0.05, 0.1) is 5.56 Å². The monoisotopic (exact) mass is 293 g/mol. The minimum Gasteiger partial charge on any atom is -0.383 e. The van der Waals surface area contributed by atoms with Crippen molar-refractivity contribution in [2.45, 2.75) is 26.8 Å².